The Hall–Kier alpha value is -5.06. The molecule has 5 atom stereocenters. The van der Waals surface area contributed by atoms with Gasteiger partial charge in [-0.2, -0.15) is 0 Å². The minimum atomic E-state index is -4.99. The van der Waals surface area contributed by atoms with Gasteiger partial charge in [-0.15, -0.1) is 0 Å². The zero-order chi connectivity index (χ0) is 77.4. The number of esters is 4. The molecule has 0 heterocycles. The van der Waals surface area contributed by atoms with Crippen LogP contribution >= 0.6 is 15.6 Å². The SMILES string of the molecule is CC/C=C\C/C=C\C/C=C\CCCCCCCCCC(=O)OC(COC(=O)CCCCCCCC/C=C\C/C=C\C/C=C\CCCCC)COP(=O)(O)OCC(O)COP(=O)(O)OCC(COC(=O)CCCCCCC/C=C\C/C=C\C/C=C\CC)OC(=O)CCCCCCC/C=C\C/C=C\C/C=C\CC. The van der Waals surface area contributed by atoms with Crippen molar-refractivity contribution in [1.29, 1.82) is 0 Å². The van der Waals surface area contributed by atoms with Gasteiger partial charge in [0.1, 0.15) is 19.3 Å². The predicted molar refractivity (Wildman–Crippen MR) is 436 cm³/mol. The molecular weight excluding hydrogens is 1380 g/mol. The van der Waals surface area contributed by atoms with Gasteiger partial charge >= 0.3 is 39.5 Å². The van der Waals surface area contributed by atoms with Crippen LogP contribution in [0, 0.1) is 0 Å². The summed E-state index contributed by atoms with van der Waals surface area (Å²) in [7, 11) is -9.99. The number of carbonyl (C=O) groups is 4. The van der Waals surface area contributed by atoms with Crippen LogP contribution in [0.3, 0.4) is 0 Å². The Morgan fingerprint density at radius 3 is 0.755 bits per heavy atom. The van der Waals surface area contributed by atoms with Crippen molar-refractivity contribution in [3.05, 3.63) is 146 Å². The van der Waals surface area contributed by atoms with Crippen LogP contribution in [0.1, 0.15) is 323 Å². The first-order chi connectivity index (χ1) is 51.7. The van der Waals surface area contributed by atoms with E-state index in [0.29, 0.717) is 25.7 Å². The molecule has 0 rings (SSSR count). The molecule has 0 aromatic rings. The van der Waals surface area contributed by atoms with Crippen molar-refractivity contribution in [3.8, 4) is 0 Å². The highest BCUT2D eigenvalue weighted by Crippen LogP contribution is 2.45. The van der Waals surface area contributed by atoms with Crippen LogP contribution in [0.5, 0.6) is 0 Å². The van der Waals surface area contributed by atoms with E-state index in [2.05, 4.69) is 174 Å². The first-order valence-corrected chi connectivity index (χ1v) is 44.1. The van der Waals surface area contributed by atoms with Crippen LogP contribution in [0.4, 0.5) is 0 Å². The Morgan fingerprint density at radius 2 is 0.491 bits per heavy atom. The van der Waals surface area contributed by atoms with E-state index in [1.165, 1.54) is 19.3 Å². The van der Waals surface area contributed by atoms with Crippen LogP contribution in [0.2, 0.25) is 0 Å². The molecule has 0 spiro atoms. The van der Waals surface area contributed by atoms with Gasteiger partial charge in [0.2, 0.25) is 0 Å². The lowest BCUT2D eigenvalue weighted by molar-refractivity contribution is -0.161. The van der Waals surface area contributed by atoms with Gasteiger partial charge < -0.3 is 33.8 Å². The molecule has 17 nitrogen and oxygen atoms in total. The second-order valence-corrected chi connectivity index (χ2v) is 29.8. The maximum atomic E-state index is 13.1. The van der Waals surface area contributed by atoms with E-state index >= 15 is 0 Å². The minimum absolute atomic E-state index is 0.0676. The van der Waals surface area contributed by atoms with Gasteiger partial charge in [0, 0.05) is 25.7 Å². The number of ether oxygens (including phenoxy) is 4. The van der Waals surface area contributed by atoms with Gasteiger partial charge in [-0.1, -0.05) is 283 Å². The van der Waals surface area contributed by atoms with Crippen LogP contribution < -0.4 is 0 Å². The molecule has 106 heavy (non-hydrogen) atoms. The number of unbranched alkanes of at least 4 members (excludes halogenated alkanes) is 26. The smallest absolute Gasteiger partial charge is 0.462 e. The van der Waals surface area contributed by atoms with E-state index in [9.17, 15) is 43.2 Å². The largest absolute Gasteiger partial charge is 0.472 e. The quantitative estimate of drug-likeness (QED) is 0.0169. The molecule has 0 amide bonds. The Kier molecular flexibility index (Phi) is 74.3. The molecule has 0 saturated heterocycles. The van der Waals surface area contributed by atoms with Crippen molar-refractivity contribution in [2.45, 2.75) is 341 Å². The van der Waals surface area contributed by atoms with Crippen molar-refractivity contribution in [2.24, 2.45) is 0 Å². The zero-order valence-corrected chi connectivity index (χ0v) is 68.1. The number of rotatable bonds is 76. The van der Waals surface area contributed by atoms with Crippen LogP contribution in [0.15, 0.2) is 146 Å². The molecule has 3 N–H and O–H groups in total. The topological polar surface area (TPSA) is 237 Å². The van der Waals surface area contributed by atoms with Crippen molar-refractivity contribution < 1.29 is 80.2 Å². The summed E-state index contributed by atoms with van der Waals surface area (Å²) in [6, 6.07) is 0. The van der Waals surface area contributed by atoms with Gasteiger partial charge in [0.25, 0.3) is 0 Å². The van der Waals surface area contributed by atoms with E-state index in [0.717, 1.165) is 225 Å². The second-order valence-electron chi connectivity index (χ2n) is 26.9. The number of carbonyl (C=O) groups excluding carboxylic acids is 4. The second kappa shape index (κ2) is 78.1. The van der Waals surface area contributed by atoms with Crippen molar-refractivity contribution in [3.63, 3.8) is 0 Å². The van der Waals surface area contributed by atoms with Crippen molar-refractivity contribution in [2.75, 3.05) is 39.6 Å². The maximum Gasteiger partial charge on any atom is 0.472 e. The van der Waals surface area contributed by atoms with Gasteiger partial charge in [-0.25, -0.2) is 9.13 Å². The summed E-state index contributed by atoms with van der Waals surface area (Å²) in [6.07, 6.45) is 89.5. The summed E-state index contributed by atoms with van der Waals surface area (Å²) >= 11 is 0. The van der Waals surface area contributed by atoms with E-state index in [-0.39, 0.29) is 25.7 Å². The molecule has 0 aliphatic rings. The minimum Gasteiger partial charge on any atom is -0.462 e. The average molecular weight is 1530 g/mol. The monoisotopic (exact) mass is 1530 g/mol. The molecule has 0 fully saturated rings. The van der Waals surface area contributed by atoms with Crippen molar-refractivity contribution >= 4 is 39.5 Å². The average Bonchev–Trinajstić information content (AvgIpc) is 0.907. The van der Waals surface area contributed by atoms with Gasteiger partial charge in [0.15, 0.2) is 12.2 Å². The zero-order valence-electron chi connectivity index (χ0n) is 66.3. The molecule has 0 bridgehead atoms. The highest BCUT2D eigenvalue weighted by molar-refractivity contribution is 7.47. The highest BCUT2D eigenvalue weighted by Gasteiger charge is 2.30. The lowest BCUT2D eigenvalue weighted by Crippen LogP contribution is -2.30. The summed E-state index contributed by atoms with van der Waals surface area (Å²) in [5, 5.41) is 10.7. The van der Waals surface area contributed by atoms with Crippen molar-refractivity contribution in [1.82, 2.24) is 0 Å². The number of phosphoric ester groups is 2. The molecule has 0 saturated carbocycles. The molecule has 0 aliphatic carbocycles. The summed E-state index contributed by atoms with van der Waals surface area (Å²) in [4.78, 5) is 73.2. The molecule has 606 valence electrons. The maximum absolute atomic E-state index is 13.1. The molecule has 0 aliphatic heterocycles. The Bertz CT molecular complexity index is 2580. The number of aliphatic hydroxyl groups is 1. The Balaban J connectivity index is 5.41. The summed E-state index contributed by atoms with van der Waals surface area (Å²) in [6.45, 7) is 4.47. The Morgan fingerprint density at radius 1 is 0.274 bits per heavy atom. The predicted octanol–water partition coefficient (Wildman–Crippen LogP) is 24.2. The van der Waals surface area contributed by atoms with Gasteiger partial charge in [-0.05, 0) is 161 Å². The molecular formula is C87H146O17P2. The van der Waals surface area contributed by atoms with Crippen LogP contribution in [-0.4, -0.2) is 96.7 Å². The van der Waals surface area contributed by atoms with Crippen LogP contribution in [-0.2, 0) is 65.4 Å². The van der Waals surface area contributed by atoms with Gasteiger partial charge in [0.05, 0.1) is 26.4 Å². The third kappa shape index (κ3) is 77.1. The molecule has 0 aromatic heterocycles. The standard InChI is InChI=1S/C87H146O17P2/c1-5-9-13-17-21-25-29-33-37-39-40-42-45-48-52-56-60-64-68-72-85(90)98-78-83(104-87(92)74-70-66-62-58-54-50-46-41-38-34-30-26-22-18-14-10-6-2)80-102-106(95,96)100-76-81(88)75-99-105(93,94)101-79-82(103-86(91)73-69-65-61-57-53-49-44-36-32-28-24-20-16-12-8-4)77-97-84(89)71-67-63-59-55-51-47-43-35-31-27-23-19-15-11-7-3/h10-12,14-16,21-28,33-38,40,42-44,81-83,88H,5-9,13,17-20,29-32,39,41,45-80H2,1-4H3,(H,93,94)(H,95,96)/b14-10-,15-11-,16-12-,25-21-,26-22-,27-23-,28-24-,37-33-,38-34-,42-40-,43-35-,44-36-. The summed E-state index contributed by atoms with van der Waals surface area (Å²) in [5.74, 6) is -2.24. The number of aliphatic hydroxyl groups excluding tert-OH is 1. The lowest BCUT2D eigenvalue weighted by atomic mass is 10.1. The number of hydrogen-bond acceptors (Lipinski definition) is 15. The molecule has 0 aromatic carbocycles. The third-order valence-electron chi connectivity index (χ3n) is 16.8. The first-order valence-electron chi connectivity index (χ1n) is 41.1. The molecule has 19 heteroatoms. The highest BCUT2D eigenvalue weighted by atomic mass is 31.2. The first kappa shape index (κ1) is 101. The normalized spacial score (nSPS) is 14.6. The van der Waals surface area contributed by atoms with E-state index in [1.807, 2.05) is 0 Å². The van der Waals surface area contributed by atoms with E-state index < -0.39 is 97.5 Å². The number of phosphoric acid groups is 2. The third-order valence-corrected chi connectivity index (χ3v) is 18.7. The van der Waals surface area contributed by atoms with E-state index in [1.54, 1.807) is 0 Å². The lowest BCUT2D eigenvalue weighted by Gasteiger charge is -2.21. The van der Waals surface area contributed by atoms with Crippen LogP contribution in [0.25, 0.3) is 0 Å². The number of allylic oxidation sites excluding steroid dienone is 24. The molecule has 5 unspecified atom stereocenters. The summed E-state index contributed by atoms with van der Waals surface area (Å²) < 4.78 is 68.7. The number of hydrogen-bond donors (Lipinski definition) is 3. The fourth-order valence-corrected chi connectivity index (χ4v) is 12.2. The summed E-state index contributed by atoms with van der Waals surface area (Å²) in [5.41, 5.74) is 0. The fraction of sp³-hybridized carbons (Fsp3) is 0.678. The van der Waals surface area contributed by atoms with E-state index in [4.69, 9.17) is 37.0 Å². The Labute approximate surface area is 643 Å². The molecule has 0 radical (unpaired) electrons. The fourth-order valence-electron chi connectivity index (χ4n) is 10.6. The van der Waals surface area contributed by atoms with Gasteiger partial charge in [-0.3, -0.25) is 37.3 Å².